The molecule has 0 fully saturated rings. The van der Waals surface area contributed by atoms with E-state index in [1.165, 1.54) is 0 Å². The van der Waals surface area contributed by atoms with Gasteiger partial charge < -0.3 is 9.47 Å². The smallest absolute Gasteiger partial charge is 0.234 e. The number of ketones is 2. The van der Waals surface area contributed by atoms with Crippen LogP contribution in [-0.4, -0.2) is 31.8 Å². The van der Waals surface area contributed by atoms with Gasteiger partial charge in [0.25, 0.3) is 0 Å². The van der Waals surface area contributed by atoms with E-state index < -0.39 is 8.07 Å². The second kappa shape index (κ2) is 5.95. The molecule has 0 radical (unpaired) electrons. The van der Waals surface area contributed by atoms with Gasteiger partial charge in [-0.25, -0.2) is 0 Å². The molecule has 0 aliphatic heterocycles. The van der Waals surface area contributed by atoms with Crippen LogP contribution in [0.1, 0.15) is 27.7 Å². The van der Waals surface area contributed by atoms with E-state index in [2.05, 4.69) is 19.6 Å². The van der Waals surface area contributed by atoms with E-state index >= 15 is 0 Å². The van der Waals surface area contributed by atoms with Crippen molar-refractivity contribution in [1.29, 1.82) is 0 Å². The standard InChI is InChI=1S/C15H24O4Si/c1-9(2)18-14-12(16)11(8-20(5,6)7)13(17)15(14)19-10(3)4/h8-10H,1-7H3. The summed E-state index contributed by atoms with van der Waals surface area (Å²) in [7, 11) is -1.69. The fourth-order valence-corrected chi connectivity index (χ4v) is 2.93. The minimum atomic E-state index is -1.69. The summed E-state index contributed by atoms with van der Waals surface area (Å²) < 4.78 is 11.0. The molecule has 0 spiro atoms. The predicted octanol–water partition coefficient (Wildman–Crippen LogP) is 3.00. The van der Waals surface area contributed by atoms with Crippen molar-refractivity contribution >= 4 is 19.6 Å². The highest BCUT2D eigenvalue weighted by Gasteiger charge is 2.41. The molecule has 0 atom stereocenters. The molecule has 0 saturated heterocycles. The Morgan fingerprint density at radius 1 is 0.850 bits per heavy atom. The number of hydrogen-bond donors (Lipinski definition) is 0. The summed E-state index contributed by atoms with van der Waals surface area (Å²) in [5, 5.41) is 0. The van der Waals surface area contributed by atoms with Gasteiger partial charge in [-0.1, -0.05) is 25.3 Å². The number of ether oxygens (including phenoxy) is 2. The first-order chi connectivity index (χ1) is 9.03. The molecule has 112 valence electrons. The zero-order valence-corrected chi connectivity index (χ0v) is 14.4. The molecule has 0 heterocycles. The molecular weight excluding hydrogens is 272 g/mol. The number of hydrogen-bond acceptors (Lipinski definition) is 4. The van der Waals surface area contributed by atoms with Crippen LogP contribution < -0.4 is 0 Å². The Morgan fingerprint density at radius 2 is 1.20 bits per heavy atom. The Labute approximate surface area is 121 Å². The van der Waals surface area contributed by atoms with E-state index in [0.29, 0.717) is 0 Å². The first-order valence-electron chi connectivity index (χ1n) is 6.92. The third kappa shape index (κ3) is 4.06. The van der Waals surface area contributed by atoms with Crippen LogP contribution in [0.2, 0.25) is 19.6 Å². The van der Waals surface area contributed by atoms with E-state index in [4.69, 9.17) is 9.47 Å². The van der Waals surface area contributed by atoms with Gasteiger partial charge in [0.2, 0.25) is 23.1 Å². The second-order valence-corrected chi connectivity index (χ2v) is 11.6. The van der Waals surface area contributed by atoms with E-state index in [1.54, 1.807) is 0 Å². The van der Waals surface area contributed by atoms with Crippen LogP contribution in [0.3, 0.4) is 0 Å². The van der Waals surface area contributed by atoms with Gasteiger partial charge in [0.15, 0.2) is 0 Å². The van der Waals surface area contributed by atoms with E-state index in [9.17, 15) is 9.59 Å². The van der Waals surface area contributed by atoms with Crippen molar-refractivity contribution in [2.45, 2.75) is 59.5 Å². The molecular formula is C15H24O4Si. The molecule has 5 heteroatoms. The fraction of sp³-hybridized carbons (Fsp3) is 0.600. The largest absolute Gasteiger partial charge is 0.483 e. The van der Waals surface area contributed by atoms with Gasteiger partial charge in [0.1, 0.15) is 0 Å². The Balaban J connectivity index is 3.24. The van der Waals surface area contributed by atoms with Gasteiger partial charge in [-0.2, -0.15) is 0 Å². The molecule has 0 aromatic carbocycles. The summed E-state index contributed by atoms with van der Waals surface area (Å²) in [5.74, 6) is -0.574. The molecule has 0 N–H and O–H groups in total. The first-order valence-corrected chi connectivity index (χ1v) is 10.5. The monoisotopic (exact) mass is 296 g/mol. The lowest BCUT2D eigenvalue weighted by Gasteiger charge is -2.13. The maximum Gasteiger partial charge on any atom is 0.234 e. The van der Waals surface area contributed by atoms with Crippen LogP contribution in [-0.2, 0) is 19.1 Å². The first kappa shape index (κ1) is 16.7. The number of rotatable bonds is 5. The molecule has 20 heavy (non-hydrogen) atoms. The zero-order valence-electron chi connectivity index (χ0n) is 13.4. The van der Waals surface area contributed by atoms with Crippen LogP contribution in [0.4, 0.5) is 0 Å². The number of carbonyl (C=O) groups is 2. The van der Waals surface area contributed by atoms with Crippen molar-refractivity contribution in [2.75, 3.05) is 0 Å². The average Bonchev–Trinajstić information content (AvgIpc) is 2.43. The van der Waals surface area contributed by atoms with Crippen molar-refractivity contribution in [3.05, 3.63) is 22.8 Å². The molecule has 0 aromatic rings. The molecule has 1 aliphatic carbocycles. The minimum absolute atomic E-state index is 0.0585. The third-order valence-electron chi connectivity index (χ3n) is 2.39. The van der Waals surface area contributed by atoms with Crippen LogP contribution in [0.25, 0.3) is 0 Å². The van der Waals surface area contributed by atoms with E-state index in [1.807, 2.05) is 33.4 Å². The molecule has 0 saturated carbocycles. The van der Waals surface area contributed by atoms with Crippen LogP contribution in [0.5, 0.6) is 0 Å². The minimum Gasteiger partial charge on any atom is -0.483 e. The maximum atomic E-state index is 12.4. The summed E-state index contributed by atoms with van der Waals surface area (Å²) >= 11 is 0. The number of allylic oxidation sites excluding steroid dienone is 2. The second-order valence-electron chi connectivity index (χ2n) is 6.57. The van der Waals surface area contributed by atoms with Crippen LogP contribution in [0.15, 0.2) is 22.8 Å². The third-order valence-corrected chi connectivity index (χ3v) is 3.55. The Hall–Kier alpha value is -1.36. The van der Waals surface area contributed by atoms with Crippen molar-refractivity contribution in [3.8, 4) is 0 Å². The van der Waals surface area contributed by atoms with Gasteiger partial charge in [0.05, 0.1) is 25.9 Å². The highest BCUT2D eigenvalue weighted by Crippen LogP contribution is 2.29. The lowest BCUT2D eigenvalue weighted by molar-refractivity contribution is -0.118. The summed E-state index contributed by atoms with van der Waals surface area (Å²) in [6.45, 7) is 13.5. The highest BCUT2D eigenvalue weighted by atomic mass is 28.3. The maximum absolute atomic E-state index is 12.4. The van der Waals surface area contributed by atoms with Crippen LogP contribution >= 0.6 is 0 Å². The number of carbonyl (C=O) groups excluding carboxylic acids is 2. The molecule has 0 bridgehead atoms. The zero-order chi connectivity index (χ0) is 15.7. The summed E-state index contributed by atoms with van der Waals surface area (Å²) in [6.07, 6.45) is -0.363. The van der Waals surface area contributed by atoms with Crippen molar-refractivity contribution < 1.29 is 19.1 Å². The molecule has 0 amide bonds. The number of Topliss-reactive ketones (excluding diaryl/α,β-unsaturated/α-hetero) is 2. The van der Waals surface area contributed by atoms with Crippen molar-refractivity contribution in [3.63, 3.8) is 0 Å². The molecule has 0 aromatic heterocycles. The summed E-state index contributed by atoms with van der Waals surface area (Å²) in [6, 6.07) is 0. The van der Waals surface area contributed by atoms with Gasteiger partial charge in [-0.15, -0.1) is 0 Å². The summed E-state index contributed by atoms with van der Waals surface area (Å²) in [5.41, 5.74) is 2.02. The Kier molecular flexibility index (Phi) is 4.97. The van der Waals surface area contributed by atoms with Gasteiger partial charge >= 0.3 is 0 Å². The Bertz CT molecular complexity index is 445. The normalized spacial score (nSPS) is 16.6. The predicted molar refractivity (Wildman–Crippen MR) is 80.9 cm³/mol. The lowest BCUT2D eigenvalue weighted by atomic mass is 10.2. The SMILES string of the molecule is CC(C)OC1=C(OC(C)C)C(=O)C(=C[Si](C)(C)C)C1=O. The molecule has 0 unspecified atom stereocenters. The van der Waals surface area contributed by atoms with E-state index in [-0.39, 0.29) is 40.9 Å². The topological polar surface area (TPSA) is 52.6 Å². The molecule has 4 nitrogen and oxygen atoms in total. The molecule has 1 aliphatic rings. The van der Waals surface area contributed by atoms with E-state index in [0.717, 1.165) is 0 Å². The van der Waals surface area contributed by atoms with Crippen molar-refractivity contribution in [1.82, 2.24) is 0 Å². The summed E-state index contributed by atoms with van der Waals surface area (Å²) in [4.78, 5) is 24.8. The van der Waals surface area contributed by atoms with Gasteiger partial charge in [0, 0.05) is 0 Å². The lowest BCUT2D eigenvalue weighted by Crippen LogP contribution is -2.21. The van der Waals surface area contributed by atoms with Gasteiger partial charge in [-0.05, 0) is 27.7 Å². The molecule has 1 rings (SSSR count). The highest BCUT2D eigenvalue weighted by molar-refractivity contribution is 6.82. The van der Waals surface area contributed by atoms with Gasteiger partial charge in [-0.3, -0.25) is 9.59 Å². The average molecular weight is 296 g/mol. The quantitative estimate of drug-likeness (QED) is 0.444. The van der Waals surface area contributed by atoms with Crippen LogP contribution in [0, 0.1) is 0 Å². The van der Waals surface area contributed by atoms with Crippen molar-refractivity contribution in [2.24, 2.45) is 0 Å². The Morgan fingerprint density at radius 3 is 1.45 bits per heavy atom. The fourth-order valence-electron chi connectivity index (χ4n) is 1.80.